The summed E-state index contributed by atoms with van der Waals surface area (Å²) in [4.78, 5) is 0. The molecule has 0 fully saturated rings. The molecule has 108 valence electrons. The summed E-state index contributed by atoms with van der Waals surface area (Å²) in [5.41, 5.74) is 2.26. The molecule has 0 saturated carbocycles. The minimum Gasteiger partial charge on any atom is -0.219 e. The minimum absolute atomic E-state index is 0.560. The van der Waals surface area contributed by atoms with Gasteiger partial charge in [0.15, 0.2) is 0 Å². The molecule has 4 heteroatoms. The molecule has 0 bridgehead atoms. The molecule has 3 aromatic rings. The molecular weight excluding hydrogens is 303 g/mol. The van der Waals surface area contributed by atoms with E-state index in [1.807, 2.05) is 27.6 Å². The highest BCUT2D eigenvalue weighted by molar-refractivity contribution is 6.40. The summed E-state index contributed by atoms with van der Waals surface area (Å²) in [6.45, 7) is 5.07. The van der Waals surface area contributed by atoms with Crippen LogP contribution in [0.3, 0.4) is 0 Å². The Bertz CT molecular complexity index is 806. The van der Waals surface area contributed by atoms with Crippen molar-refractivity contribution in [2.75, 3.05) is 0 Å². The minimum atomic E-state index is 0.560. The molecule has 2 aromatic carbocycles. The van der Waals surface area contributed by atoms with Crippen LogP contribution in [0.4, 0.5) is 0 Å². The van der Waals surface area contributed by atoms with Crippen molar-refractivity contribution in [3.63, 3.8) is 0 Å². The van der Waals surface area contributed by atoms with E-state index >= 15 is 0 Å². The lowest BCUT2D eigenvalue weighted by Crippen LogP contribution is -2.32. The van der Waals surface area contributed by atoms with Crippen LogP contribution in [-0.4, -0.2) is 4.57 Å². The molecule has 2 nitrogen and oxygen atoms in total. The highest BCUT2D eigenvalue weighted by Crippen LogP contribution is 2.30. The summed E-state index contributed by atoms with van der Waals surface area (Å²) in [6, 6.07) is 12.6. The van der Waals surface area contributed by atoms with Gasteiger partial charge in [0.05, 0.1) is 6.54 Å². The predicted octanol–water partition coefficient (Wildman–Crippen LogP) is 4.94. The number of hydrogen-bond acceptors (Lipinski definition) is 0. The molecule has 0 spiro atoms. The zero-order valence-electron chi connectivity index (χ0n) is 12.1. The van der Waals surface area contributed by atoms with E-state index in [2.05, 4.69) is 38.1 Å². The molecule has 0 aliphatic rings. The lowest BCUT2D eigenvalue weighted by molar-refractivity contribution is -0.694. The summed E-state index contributed by atoms with van der Waals surface area (Å²) in [5, 5.41) is 3.52. The predicted molar refractivity (Wildman–Crippen MR) is 88.5 cm³/mol. The molecule has 0 amide bonds. The van der Waals surface area contributed by atoms with Crippen molar-refractivity contribution < 1.29 is 4.57 Å². The number of benzene rings is 2. The summed E-state index contributed by atoms with van der Waals surface area (Å²) >= 11 is 12.8. The molecule has 0 aliphatic heterocycles. The number of nitrogens with zero attached hydrogens (tertiary/aromatic N) is 2. The van der Waals surface area contributed by atoms with Crippen LogP contribution >= 0.6 is 23.2 Å². The number of fused-ring (bicyclic) bond motifs is 1. The first-order valence-corrected chi connectivity index (χ1v) is 7.83. The maximum absolute atomic E-state index is 6.47. The average Bonchev–Trinajstić information content (AvgIpc) is 2.76. The van der Waals surface area contributed by atoms with E-state index < -0.39 is 0 Å². The Morgan fingerprint density at radius 1 is 1.10 bits per heavy atom. The van der Waals surface area contributed by atoms with E-state index in [1.54, 1.807) is 0 Å². The smallest absolute Gasteiger partial charge is 0.219 e. The maximum Gasteiger partial charge on any atom is 0.260 e. The van der Waals surface area contributed by atoms with E-state index in [1.165, 1.54) is 16.3 Å². The number of imidazole rings is 1. The molecule has 0 radical (unpaired) electrons. The van der Waals surface area contributed by atoms with Gasteiger partial charge in [-0.3, -0.25) is 0 Å². The van der Waals surface area contributed by atoms with E-state index in [0.29, 0.717) is 10.3 Å². The van der Waals surface area contributed by atoms with Gasteiger partial charge >= 0.3 is 0 Å². The van der Waals surface area contributed by atoms with E-state index in [-0.39, 0.29) is 0 Å². The Kier molecular flexibility index (Phi) is 3.92. The van der Waals surface area contributed by atoms with Gasteiger partial charge < -0.3 is 0 Å². The molecule has 0 unspecified atom stereocenters. The molecule has 3 rings (SSSR count). The number of aryl methyl sites for hydroxylation is 2. The van der Waals surface area contributed by atoms with Crippen LogP contribution in [0.5, 0.6) is 0 Å². The van der Waals surface area contributed by atoms with Crippen molar-refractivity contribution in [1.82, 2.24) is 4.57 Å². The molecule has 21 heavy (non-hydrogen) atoms. The van der Waals surface area contributed by atoms with Crippen molar-refractivity contribution in [3.05, 3.63) is 58.6 Å². The van der Waals surface area contributed by atoms with Gasteiger partial charge in [-0.05, 0) is 47.5 Å². The summed E-state index contributed by atoms with van der Waals surface area (Å²) < 4.78 is 3.97. The third-order valence-electron chi connectivity index (χ3n) is 3.70. The van der Waals surface area contributed by atoms with Crippen LogP contribution in [0, 0.1) is 6.92 Å². The topological polar surface area (TPSA) is 8.81 Å². The van der Waals surface area contributed by atoms with Gasteiger partial charge in [-0.25, -0.2) is 4.57 Å². The lowest BCUT2D eigenvalue weighted by Gasteiger charge is -2.07. The van der Waals surface area contributed by atoms with Crippen LogP contribution in [0.15, 0.2) is 42.7 Å². The molecule has 0 aliphatic carbocycles. The normalized spacial score (nSPS) is 11.2. The summed E-state index contributed by atoms with van der Waals surface area (Å²) in [6.07, 6.45) is 3.00. The molecule has 1 aromatic heterocycles. The highest BCUT2D eigenvalue weighted by atomic mass is 35.5. The Hall–Kier alpha value is -1.51. The fourth-order valence-corrected chi connectivity index (χ4v) is 3.15. The quantitative estimate of drug-likeness (QED) is 0.604. The molecule has 0 atom stereocenters. The largest absolute Gasteiger partial charge is 0.260 e. The number of hydrogen-bond donors (Lipinski definition) is 0. The lowest BCUT2D eigenvalue weighted by atomic mass is 10.0. The second-order valence-electron chi connectivity index (χ2n) is 5.21. The van der Waals surface area contributed by atoms with Gasteiger partial charge in [-0.15, -0.1) is 0 Å². The monoisotopic (exact) mass is 319 g/mol. The Morgan fingerprint density at radius 3 is 2.62 bits per heavy atom. The number of aromatic nitrogens is 2. The molecule has 0 N–H and O–H groups in total. The number of rotatable bonds is 3. The van der Waals surface area contributed by atoms with Crippen molar-refractivity contribution in [3.8, 4) is 5.69 Å². The van der Waals surface area contributed by atoms with Gasteiger partial charge in [0.1, 0.15) is 5.69 Å². The zero-order chi connectivity index (χ0) is 15.0. The Labute approximate surface area is 134 Å². The zero-order valence-corrected chi connectivity index (χ0v) is 13.6. The van der Waals surface area contributed by atoms with E-state index in [0.717, 1.165) is 18.7 Å². The van der Waals surface area contributed by atoms with Crippen molar-refractivity contribution in [2.24, 2.45) is 0 Å². The first-order valence-electron chi connectivity index (χ1n) is 7.08. The van der Waals surface area contributed by atoms with Gasteiger partial charge in [0.2, 0.25) is 0 Å². The standard InChI is InChI=1S/C17H17Cl2N2/c1-3-10-20-11-21(17(19)16(20)18)15-12(2)8-9-13-6-4-5-7-14(13)15/h4-9,11H,3,10H2,1-2H3/q+1. The molecular formula is C17H17Cl2N2+. The molecule has 1 heterocycles. The van der Waals surface area contributed by atoms with Crippen LogP contribution in [-0.2, 0) is 6.54 Å². The highest BCUT2D eigenvalue weighted by Gasteiger charge is 2.23. The summed E-state index contributed by atoms with van der Waals surface area (Å²) in [7, 11) is 0. The second-order valence-corrected chi connectivity index (χ2v) is 5.93. The fraction of sp³-hybridized carbons (Fsp3) is 0.235. The van der Waals surface area contributed by atoms with Crippen LogP contribution in [0.1, 0.15) is 18.9 Å². The van der Waals surface area contributed by atoms with Gasteiger partial charge in [0, 0.05) is 5.39 Å². The van der Waals surface area contributed by atoms with E-state index in [9.17, 15) is 0 Å². The third-order valence-corrected chi connectivity index (χ3v) is 4.55. The third kappa shape index (κ3) is 2.43. The van der Waals surface area contributed by atoms with Crippen LogP contribution in [0.25, 0.3) is 16.5 Å². The first-order chi connectivity index (χ1) is 10.1. The van der Waals surface area contributed by atoms with Gasteiger partial charge in [-0.2, -0.15) is 4.57 Å². The first kappa shape index (κ1) is 14.4. The average molecular weight is 320 g/mol. The maximum atomic E-state index is 6.47. The van der Waals surface area contributed by atoms with Crippen LogP contribution < -0.4 is 4.57 Å². The Morgan fingerprint density at radius 2 is 1.86 bits per heavy atom. The second kappa shape index (κ2) is 5.70. The summed E-state index contributed by atoms with van der Waals surface area (Å²) in [5.74, 6) is 0. The number of halogens is 2. The van der Waals surface area contributed by atoms with Crippen molar-refractivity contribution in [1.29, 1.82) is 0 Å². The van der Waals surface area contributed by atoms with Gasteiger partial charge in [-0.1, -0.05) is 43.3 Å². The van der Waals surface area contributed by atoms with Crippen LogP contribution in [0.2, 0.25) is 10.3 Å². The van der Waals surface area contributed by atoms with Crippen molar-refractivity contribution >= 4 is 34.0 Å². The van der Waals surface area contributed by atoms with Crippen molar-refractivity contribution in [2.45, 2.75) is 26.8 Å². The van der Waals surface area contributed by atoms with E-state index in [4.69, 9.17) is 23.2 Å². The molecule has 0 saturated heterocycles. The Balaban J connectivity index is 2.30. The fourth-order valence-electron chi connectivity index (χ4n) is 2.70. The van der Waals surface area contributed by atoms with Gasteiger partial charge in [0.25, 0.3) is 16.6 Å². The SMILES string of the molecule is CCC[n+]1cn(-c2c(C)ccc3ccccc23)c(Cl)c1Cl.